The molecule has 0 saturated carbocycles. The molecule has 0 bridgehead atoms. The number of benzene rings is 1. The summed E-state index contributed by atoms with van der Waals surface area (Å²) in [5, 5.41) is 0. The molecule has 0 amide bonds. The van der Waals surface area contributed by atoms with E-state index < -0.39 is 18.0 Å². The first-order chi connectivity index (χ1) is 25.4. The monoisotopic (exact) mass is 748 g/mol. The molecule has 0 spiro atoms. The van der Waals surface area contributed by atoms with Crippen LogP contribution in [-0.4, -0.2) is 153 Å². The van der Waals surface area contributed by atoms with E-state index in [2.05, 4.69) is 33.4 Å². The van der Waals surface area contributed by atoms with E-state index in [9.17, 15) is 24.0 Å². The molecule has 14 nitrogen and oxygen atoms in total. The second-order valence-electron chi connectivity index (χ2n) is 13.2. The highest BCUT2D eigenvalue weighted by Gasteiger charge is 2.40. The highest BCUT2D eigenvalue weighted by molar-refractivity contribution is 5.89. The van der Waals surface area contributed by atoms with Gasteiger partial charge in [-0.05, 0) is 64.2 Å². The highest BCUT2D eigenvalue weighted by Crippen LogP contribution is 2.30. The Hall–Kier alpha value is -3.59. The molecule has 0 aliphatic carbocycles. The normalized spacial score (nSPS) is 21.8. The number of hydrogen-bond donors (Lipinski definition) is 0. The molecule has 0 N–H and O–H groups in total. The number of hydrogen-bond acceptors (Lipinski definition) is 14. The molecule has 5 atom stereocenters. The van der Waals surface area contributed by atoms with E-state index >= 15 is 0 Å². The van der Waals surface area contributed by atoms with E-state index in [-0.39, 0.29) is 81.5 Å². The molecule has 53 heavy (non-hydrogen) atoms. The topological polar surface area (TPSA) is 144 Å². The molecular formula is C39H64N4O10. The van der Waals surface area contributed by atoms with Gasteiger partial charge in [-0.15, -0.1) is 0 Å². The zero-order valence-electron chi connectivity index (χ0n) is 33.5. The summed E-state index contributed by atoms with van der Waals surface area (Å²) in [5.74, 6) is -2.04. The van der Waals surface area contributed by atoms with Gasteiger partial charge >= 0.3 is 29.8 Å². The largest absolute Gasteiger partial charge is 0.468 e. The molecule has 1 aromatic carbocycles. The maximum absolute atomic E-state index is 13.9. The Labute approximate surface area is 316 Å². The molecule has 0 aromatic heterocycles. The minimum atomic E-state index is -0.884. The zero-order chi connectivity index (χ0) is 39.5. The van der Waals surface area contributed by atoms with Gasteiger partial charge in [-0.2, -0.15) is 0 Å². The number of esters is 5. The van der Waals surface area contributed by atoms with Crippen molar-refractivity contribution >= 4 is 29.8 Å². The summed E-state index contributed by atoms with van der Waals surface area (Å²) in [5.41, 5.74) is 0.967. The third-order valence-electron chi connectivity index (χ3n) is 9.98. The van der Waals surface area contributed by atoms with Gasteiger partial charge in [-0.1, -0.05) is 39.8 Å². The molecule has 1 aromatic rings. The van der Waals surface area contributed by atoms with Gasteiger partial charge in [-0.3, -0.25) is 34.0 Å². The van der Waals surface area contributed by atoms with E-state index in [0.717, 1.165) is 0 Å². The molecule has 14 heteroatoms. The summed E-state index contributed by atoms with van der Waals surface area (Å²) in [6, 6.07) is 4.96. The van der Waals surface area contributed by atoms with Crippen molar-refractivity contribution in [1.29, 1.82) is 0 Å². The number of rotatable bonds is 17. The van der Waals surface area contributed by atoms with Crippen molar-refractivity contribution in [1.82, 2.24) is 19.6 Å². The lowest BCUT2D eigenvalue weighted by Crippen LogP contribution is -2.60. The Balaban J connectivity index is 2.89. The van der Waals surface area contributed by atoms with E-state index in [4.69, 9.17) is 23.7 Å². The molecule has 2 rings (SSSR count). The van der Waals surface area contributed by atoms with Gasteiger partial charge in [0.1, 0.15) is 6.04 Å². The van der Waals surface area contributed by atoms with Crippen LogP contribution in [0.1, 0.15) is 96.1 Å². The minimum absolute atomic E-state index is 0.0175. The van der Waals surface area contributed by atoms with E-state index in [1.807, 2.05) is 13.8 Å². The second kappa shape index (κ2) is 23.9. The Morgan fingerprint density at radius 3 is 1.28 bits per heavy atom. The lowest BCUT2D eigenvalue weighted by atomic mass is 9.97. The van der Waals surface area contributed by atoms with Crippen LogP contribution < -0.4 is 0 Å². The van der Waals surface area contributed by atoms with Crippen LogP contribution in [-0.2, 0) is 42.9 Å². The van der Waals surface area contributed by atoms with Crippen LogP contribution in [0.4, 0.5) is 0 Å². The lowest BCUT2D eigenvalue weighted by Gasteiger charge is -2.47. The van der Waals surface area contributed by atoms with Crippen molar-refractivity contribution < 1.29 is 47.7 Å². The van der Waals surface area contributed by atoms with Crippen molar-refractivity contribution in [3.05, 3.63) is 35.4 Å². The average Bonchev–Trinajstić information content (AvgIpc) is 3.14. The van der Waals surface area contributed by atoms with Crippen LogP contribution in [0.3, 0.4) is 0 Å². The number of nitrogens with zero attached hydrogens (tertiary/aromatic N) is 4. The first-order valence-electron chi connectivity index (χ1n) is 19.2. The van der Waals surface area contributed by atoms with E-state index in [1.54, 1.807) is 45.0 Å². The summed E-state index contributed by atoms with van der Waals surface area (Å²) < 4.78 is 26.7. The third kappa shape index (κ3) is 13.6. The fourth-order valence-electron chi connectivity index (χ4n) is 7.14. The van der Waals surface area contributed by atoms with Crippen LogP contribution >= 0.6 is 0 Å². The van der Waals surface area contributed by atoms with Crippen molar-refractivity contribution in [2.45, 2.75) is 104 Å². The second-order valence-corrected chi connectivity index (χ2v) is 13.2. The quantitative estimate of drug-likeness (QED) is 0.169. The van der Waals surface area contributed by atoms with Crippen LogP contribution in [0.5, 0.6) is 0 Å². The molecule has 1 saturated heterocycles. The Bertz CT molecular complexity index is 1280. The fraction of sp³-hybridized carbons (Fsp3) is 0.718. The highest BCUT2D eigenvalue weighted by atomic mass is 16.5. The summed E-state index contributed by atoms with van der Waals surface area (Å²) in [7, 11) is 2.66. The summed E-state index contributed by atoms with van der Waals surface area (Å²) in [4.78, 5) is 74.1. The zero-order valence-corrected chi connectivity index (χ0v) is 33.5. The molecule has 1 unspecified atom stereocenters. The molecule has 1 heterocycles. The van der Waals surface area contributed by atoms with Crippen LogP contribution in [0.15, 0.2) is 24.3 Å². The first kappa shape index (κ1) is 45.6. The van der Waals surface area contributed by atoms with Gasteiger partial charge in [-0.25, -0.2) is 9.59 Å². The van der Waals surface area contributed by atoms with Crippen molar-refractivity contribution in [2.24, 2.45) is 0 Å². The smallest absolute Gasteiger partial charge is 0.337 e. The molecular weight excluding hydrogens is 684 g/mol. The maximum atomic E-state index is 13.9. The van der Waals surface area contributed by atoms with Gasteiger partial charge in [0.2, 0.25) is 0 Å². The standard InChI is InChI=1S/C39H64N4O10/c1-10-30-22-41(26-35(45)52-15-6)32(12-3)24-43(37(39(48)50-9)28-17-19-29(20-18-28)38(47)49-8)33(13-4)23-42(27-36(46)53-16-7)31(11-2)21-40(30)25-34(44)51-14-5/h17-20,30-33,37H,10-16,21-27H2,1-9H3/t30-,31-,32-,33-,37?/m1/s1. The molecule has 1 fully saturated rings. The van der Waals surface area contributed by atoms with Gasteiger partial charge in [0.25, 0.3) is 0 Å². The van der Waals surface area contributed by atoms with E-state index in [1.165, 1.54) is 14.2 Å². The maximum Gasteiger partial charge on any atom is 0.337 e. The Morgan fingerprint density at radius 1 is 0.566 bits per heavy atom. The van der Waals surface area contributed by atoms with Crippen molar-refractivity contribution in [3.8, 4) is 0 Å². The number of ether oxygens (including phenoxy) is 5. The molecule has 1 aliphatic heterocycles. The van der Waals surface area contributed by atoms with Gasteiger partial charge in [0.15, 0.2) is 0 Å². The number of methoxy groups -OCH3 is 2. The van der Waals surface area contributed by atoms with Crippen molar-refractivity contribution in [3.63, 3.8) is 0 Å². The molecule has 1 aliphatic rings. The molecule has 300 valence electrons. The Morgan fingerprint density at radius 2 is 0.943 bits per heavy atom. The summed E-state index contributed by atoms with van der Waals surface area (Å²) >= 11 is 0. The third-order valence-corrected chi connectivity index (χ3v) is 9.98. The minimum Gasteiger partial charge on any atom is -0.468 e. The summed E-state index contributed by atoms with van der Waals surface area (Å²) in [6.45, 7) is 16.0. The summed E-state index contributed by atoms with van der Waals surface area (Å²) in [6.07, 6.45) is 2.55. The van der Waals surface area contributed by atoms with Crippen LogP contribution in [0, 0.1) is 0 Å². The first-order valence-corrected chi connectivity index (χ1v) is 19.2. The van der Waals surface area contributed by atoms with E-state index in [0.29, 0.717) is 63.0 Å². The molecule has 0 radical (unpaired) electrons. The van der Waals surface area contributed by atoms with Gasteiger partial charge < -0.3 is 23.7 Å². The SMILES string of the molecule is CCOC(=O)CN1C[C@@H](CC)N(CC(=O)OCC)C[C@@H](CC)N(C(C(=O)OC)c2ccc(C(=O)OC)cc2)C[C@@H](CC)N(CC(=O)OCC)C[C@H]1CC. The van der Waals surface area contributed by atoms with Crippen LogP contribution in [0.2, 0.25) is 0 Å². The van der Waals surface area contributed by atoms with Crippen LogP contribution in [0.25, 0.3) is 0 Å². The van der Waals surface area contributed by atoms with Gasteiger partial charge in [0, 0.05) is 50.3 Å². The lowest BCUT2D eigenvalue weighted by molar-refractivity contribution is -0.152. The van der Waals surface area contributed by atoms with Gasteiger partial charge in [0.05, 0.1) is 59.2 Å². The predicted octanol–water partition coefficient (Wildman–Crippen LogP) is 3.71. The van der Waals surface area contributed by atoms with Crippen molar-refractivity contribution in [2.75, 3.05) is 79.9 Å². The Kier molecular flexibility index (Phi) is 20.6. The number of carbonyl (C=O) groups is 5. The predicted molar refractivity (Wildman–Crippen MR) is 200 cm³/mol. The number of carbonyl (C=O) groups excluding carboxylic acids is 5. The average molecular weight is 749 g/mol. The fourth-order valence-corrected chi connectivity index (χ4v) is 7.14.